The number of halogens is 1. The van der Waals surface area contributed by atoms with Gasteiger partial charge in [-0.2, -0.15) is 0 Å². The fourth-order valence-electron chi connectivity index (χ4n) is 2.73. The van der Waals surface area contributed by atoms with Gasteiger partial charge in [0.1, 0.15) is 0 Å². The number of ether oxygens (including phenoxy) is 1. The molecular weight excluding hydrogens is 290 g/mol. The maximum absolute atomic E-state index is 5.25. The Morgan fingerprint density at radius 3 is 2.61 bits per heavy atom. The molecule has 1 aromatic carbocycles. The van der Waals surface area contributed by atoms with Crippen LogP contribution >= 0.6 is 15.9 Å². The fourth-order valence-corrected chi connectivity index (χ4v) is 3.08. The van der Waals surface area contributed by atoms with E-state index in [0.29, 0.717) is 0 Å². The molecule has 0 saturated carbocycles. The Balaban J connectivity index is 2.01. The lowest BCUT2D eigenvalue weighted by Gasteiger charge is -2.34. The molecule has 0 radical (unpaired) electrons. The van der Waals surface area contributed by atoms with Crippen LogP contribution in [0.3, 0.4) is 0 Å². The largest absolute Gasteiger partial charge is 0.384 e. The minimum atomic E-state index is 0.744. The quantitative estimate of drug-likeness (QED) is 0.785. The highest BCUT2D eigenvalue weighted by Gasteiger charge is 2.20. The van der Waals surface area contributed by atoms with Crippen LogP contribution in [0, 0.1) is 12.8 Å². The number of piperidine rings is 1. The van der Waals surface area contributed by atoms with Crippen molar-refractivity contribution in [1.29, 1.82) is 0 Å². The normalized spacial score (nSPS) is 17.2. The average Bonchev–Trinajstić information content (AvgIpc) is 2.40. The first-order valence-corrected chi connectivity index (χ1v) is 7.76. The first-order chi connectivity index (χ1) is 8.74. The summed E-state index contributed by atoms with van der Waals surface area (Å²) >= 11 is 3.51. The highest BCUT2D eigenvalue weighted by atomic mass is 79.9. The molecule has 0 unspecified atom stereocenters. The van der Waals surface area contributed by atoms with Crippen molar-refractivity contribution in [2.75, 3.05) is 31.7 Å². The molecule has 1 heterocycles. The zero-order valence-electron chi connectivity index (χ0n) is 11.3. The summed E-state index contributed by atoms with van der Waals surface area (Å²) in [5, 5.41) is 0.935. The summed E-state index contributed by atoms with van der Waals surface area (Å²) in [4.78, 5) is 2.51. The number of alkyl halides is 1. The monoisotopic (exact) mass is 311 g/mol. The molecule has 0 aromatic heterocycles. The molecular formula is C15H22BrNO. The lowest BCUT2D eigenvalue weighted by molar-refractivity contribution is 0.139. The van der Waals surface area contributed by atoms with Gasteiger partial charge < -0.3 is 9.64 Å². The fraction of sp³-hybridized carbons (Fsp3) is 0.600. The van der Waals surface area contributed by atoms with E-state index in [1.807, 2.05) is 0 Å². The molecule has 100 valence electrons. The summed E-state index contributed by atoms with van der Waals surface area (Å²) in [6, 6.07) is 6.77. The summed E-state index contributed by atoms with van der Waals surface area (Å²) in [7, 11) is 1.80. The molecule has 1 aromatic rings. The minimum absolute atomic E-state index is 0.744. The molecule has 0 spiro atoms. The lowest BCUT2D eigenvalue weighted by atomic mass is 9.96. The van der Waals surface area contributed by atoms with Crippen LogP contribution in [-0.4, -0.2) is 26.8 Å². The standard InChI is InChI=1S/C15H22BrNO/c1-12-9-14(10-16)3-4-15(12)17-7-5-13(6-8-17)11-18-2/h3-4,9,13H,5-8,10-11H2,1-2H3. The van der Waals surface area contributed by atoms with Gasteiger partial charge in [-0.15, -0.1) is 0 Å². The Morgan fingerprint density at radius 2 is 2.06 bits per heavy atom. The van der Waals surface area contributed by atoms with E-state index in [1.54, 1.807) is 7.11 Å². The second-order valence-corrected chi connectivity index (χ2v) is 5.70. The molecule has 0 aliphatic carbocycles. The van der Waals surface area contributed by atoms with Gasteiger partial charge >= 0.3 is 0 Å². The maximum atomic E-state index is 5.25. The van der Waals surface area contributed by atoms with Gasteiger partial charge in [0.05, 0.1) is 0 Å². The van der Waals surface area contributed by atoms with Crippen LogP contribution in [0.4, 0.5) is 5.69 Å². The van der Waals surface area contributed by atoms with E-state index in [4.69, 9.17) is 4.74 Å². The predicted molar refractivity (Wildman–Crippen MR) is 80.6 cm³/mol. The smallest absolute Gasteiger partial charge is 0.0491 e. The molecule has 1 fully saturated rings. The van der Waals surface area contributed by atoms with Crippen molar-refractivity contribution in [2.24, 2.45) is 5.92 Å². The first kappa shape index (κ1) is 13.9. The Kier molecular flexibility index (Phi) is 5.07. The second-order valence-electron chi connectivity index (χ2n) is 5.14. The van der Waals surface area contributed by atoms with Crippen LogP contribution in [0.5, 0.6) is 0 Å². The van der Waals surface area contributed by atoms with E-state index in [1.165, 1.54) is 29.7 Å². The van der Waals surface area contributed by atoms with Gasteiger partial charge in [-0.05, 0) is 42.9 Å². The van der Waals surface area contributed by atoms with Crippen molar-refractivity contribution in [3.05, 3.63) is 29.3 Å². The van der Waals surface area contributed by atoms with Crippen LogP contribution in [-0.2, 0) is 10.1 Å². The molecule has 2 nitrogen and oxygen atoms in total. The summed E-state index contributed by atoms with van der Waals surface area (Å²) in [5.74, 6) is 0.744. The van der Waals surface area contributed by atoms with E-state index >= 15 is 0 Å². The van der Waals surface area contributed by atoms with E-state index in [0.717, 1.165) is 30.9 Å². The number of methoxy groups -OCH3 is 1. The van der Waals surface area contributed by atoms with Crippen molar-refractivity contribution >= 4 is 21.6 Å². The topological polar surface area (TPSA) is 12.5 Å². The summed E-state index contributed by atoms with van der Waals surface area (Å²) < 4.78 is 5.25. The highest BCUT2D eigenvalue weighted by Crippen LogP contribution is 2.27. The zero-order chi connectivity index (χ0) is 13.0. The second kappa shape index (κ2) is 6.58. The van der Waals surface area contributed by atoms with Gasteiger partial charge in [0, 0.05) is 37.8 Å². The number of hydrogen-bond donors (Lipinski definition) is 0. The molecule has 0 bridgehead atoms. The first-order valence-electron chi connectivity index (χ1n) is 6.64. The Hall–Kier alpha value is -0.540. The van der Waals surface area contributed by atoms with Crippen LogP contribution in [0.1, 0.15) is 24.0 Å². The van der Waals surface area contributed by atoms with Gasteiger partial charge in [0.2, 0.25) is 0 Å². The number of nitrogens with zero attached hydrogens (tertiary/aromatic N) is 1. The third-order valence-electron chi connectivity index (χ3n) is 3.77. The van der Waals surface area contributed by atoms with Gasteiger partial charge in [-0.25, -0.2) is 0 Å². The van der Waals surface area contributed by atoms with Crippen molar-refractivity contribution in [3.8, 4) is 0 Å². The molecule has 1 aliphatic rings. The third-order valence-corrected chi connectivity index (χ3v) is 4.42. The maximum Gasteiger partial charge on any atom is 0.0491 e. The number of benzene rings is 1. The molecule has 18 heavy (non-hydrogen) atoms. The lowest BCUT2D eigenvalue weighted by Crippen LogP contribution is -2.35. The number of aryl methyl sites for hydroxylation is 1. The van der Waals surface area contributed by atoms with Crippen molar-refractivity contribution in [1.82, 2.24) is 0 Å². The van der Waals surface area contributed by atoms with Crippen LogP contribution in [0.15, 0.2) is 18.2 Å². The summed E-state index contributed by atoms with van der Waals surface area (Å²) in [5.41, 5.74) is 4.14. The summed E-state index contributed by atoms with van der Waals surface area (Å²) in [6.07, 6.45) is 2.49. The van der Waals surface area contributed by atoms with Crippen LogP contribution < -0.4 is 4.90 Å². The summed E-state index contributed by atoms with van der Waals surface area (Å²) in [6.45, 7) is 5.43. The SMILES string of the molecule is COCC1CCN(c2ccc(CBr)cc2C)CC1. The van der Waals surface area contributed by atoms with Crippen molar-refractivity contribution in [2.45, 2.75) is 25.1 Å². The molecule has 1 saturated heterocycles. The van der Waals surface area contributed by atoms with Crippen LogP contribution in [0.25, 0.3) is 0 Å². The average molecular weight is 312 g/mol. The molecule has 3 heteroatoms. The number of anilines is 1. The number of hydrogen-bond acceptors (Lipinski definition) is 2. The van der Waals surface area contributed by atoms with Gasteiger partial charge in [-0.3, -0.25) is 0 Å². The van der Waals surface area contributed by atoms with Crippen molar-refractivity contribution < 1.29 is 4.74 Å². The Bertz CT molecular complexity index is 386. The Labute approximate surface area is 118 Å². The van der Waals surface area contributed by atoms with E-state index in [2.05, 4.69) is 46.0 Å². The van der Waals surface area contributed by atoms with E-state index in [9.17, 15) is 0 Å². The minimum Gasteiger partial charge on any atom is -0.384 e. The van der Waals surface area contributed by atoms with E-state index in [-0.39, 0.29) is 0 Å². The highest BCUT2D eigenvalue weighted by molar-refractivity contribution is 9.08. The third kappa shape index (κ3) is 3.27. The van der Waals surface area contributed by atoms with Crippen molar-refractivity contribution in [3.63, 3.8) is 0 Å². The van der Waals surface area contributed by atoms with E-state index < -0.39 is 0 Å². The Morgan fingerprint density at radius 1 is 1.33 bits per heavy atom. The molecule has 0 atom stereocenters. The predicted octanol–water partition coefficient (Wildman–Crippen LogP) is 3.75. The molecule has 0 amide bonds. The molecule has 0 N–H and O–H groups in total. The molecule has 1 aliphatic heterocycles. The van der Waals surface area contributed by atoms with Crippen LogP contribution in [0.2, 0.25) is 0 Å². The van der Waals surface area contributed by atoms with Gasteiger partial charge in [0.25, 0.3) is 0 Å². The number of rotatable bonds is 4. The van der Waals surface area contributed by atoms with Gasteiger partial charge in [-0.1, -0.05) is 28.1 Å². The zero-order valence-corrected chi connectivity index (χ0v) is 12.9. The molecule has 2 rings (SSSR count). The van der Waals surface area contributed by atoms with Gasteiger partial charge in [0.15, 0.2) is 0 Å².